The number of hydrogen-bond donors (Lipinski definition) is 0. The maximum Gasteiger partial charge on any atom is 0.0159 e. The van der Waals surface area contributed by atoms with Gasteiger partial charge < -0.3 is 0 Å². The van der Waals surface area contributed by atoms with Crippen LogP contribution in [0.25, 0.3) is 99.1 Å². The summed E-state index contributed by atoms with van der Waals surface area (Å²) in [6.45, 7) is 9.51. The summed E-state index contributed by atoms with van der Waals surface area (Å²) in [5, 5.41) is 7.84. The Kier molecular flexibility index (Phi) is 6.84. The molecule has 0 radical (unpaired) electrons. The highest BCUT2D eigenvalue weighted by molar-refractivity contribution is 6.30. The highest BCUT2D eigenvalue weighted by Crippen LogP contribution is 2.53. The first-order valence-corrected chi connectivity index (χ1v) is 20.7. The maximum atomic E-state index is 2.49. The summed E-state index contributed by atoms with van der Waals surface area (Å²) in [7, 11) is 0. The fourth-order valence-electron chi connectivity index (χ4n) is 10.9. The second-order valence-electron chi connectivity index (χ2n) is 17.6. The summed E-state index contributed by atoms with van der Waals surface area (Å²) in [4.78, 5) is 0. The quantitative estimate of drug-likeness (QED) is 0.158. The average Bonchev–Trinajstić information content (AvgIpc) is 3.64. The molecule has 0 nitrogen and oxygen atoms in total. The van der Waals surface area contributed by atoms with Crippen LogP contribution in [0.3, 0.4) is 0 Å². The average molecular weight is 739 g/mol. The second-order valence-corrected chi connectivity index (χ2v) is 17.6. The van der Waals surface area contributed by atoms with Crippen molar-refractivity contribution in [1.29, 1.82) is 0 Å². The van der Waals surface area contributed by atoms with Crippen molar-refractivity contribution in [3.63, 3.8) is 0 Å². The molecule has 58 heavy (non-hydrogen) atoms. The van der Waals surface area contributed by atoms with E-state index in [1.807, 2.05) is 0 Å². The van der Waals surface area contributed by atoms with Crippen molar-refractivity contribution in [3.8, 4) is 66.8 Å². The molecular weight excluding hydrogens is 697 g/mol. The number of rotatable bonds is 4. The Hall–Kier alpha value is -6.76. The van der Waals surface area contributed by atoms with Crippen LogP contribution in [0.2, 0.25) is 0 Å². The van der Waals surface area contributed by atoms with Crippen LogP contribution in [-0.2, 0) is 10.8 Å². The molecule has 0 bridgehead atoms. The van der Waals surface area contributed by atoms with Gasteiger partial charge in [0, 0.05) is 10.8 Å². The van der Waals surface area contributed by atoms with Gasteiger partial charge in [-0.05, 0) is 146 Å². The predicted octanol–water partition coefficient (Wildman–Crippen LogP) is 15.9. The van der Waals surface area contributed by atoms with E-state index in [0.29, 0.717) is 0 Å². The standard InChI is InChI=1S/C58H42/c1-57(2)51-19-10-8-17-42(51)44-26-23-39(32-53(44)57)41-25-21-36-22-28-47-50(40-24-27-45-43-18-9-11-20-52(43)58(3,4)54(45)33-40)34-49(48-30-29-46(41)55(36)56(47)48)38-16-12-15-37(31-38)35-13-6-5-7-14-35/h5-34H,1-4H3. The van der Waals surface area contributed by atoms with Crippen molar-refractivity contribution in [3.05, 3.63) is 204 Å². The lowest BCUT2D eigenvalue weighted by Gasteiger charge is -2.23. The van der Waals surface area contributed by atoms with E-state index >= 15 is 0 Å². The number of hydrogen-bond acceptors (Lipinski definition) is 0. The van der Waals surface area contributed by atoms with E-state index in [1.165, 1.54) is 121 Å². The zero-order chi connectivity index (χ0) is 38.9. The van der Waals surface area contributed by atoms with E-state index in [0.717, 1.165) is 0 Å². The van der Waals surface area contributed by atoms with Gasteiger partial charge in [-0.15, -0.1) is 0 Å². The normalized spacial score (nSPS) is 14.5. The largest absolute Gasteiger partial charge is 0.0622 e. The first-order valence-electron chi connectivity index (χ1n) is 20.7. The summed E-state index contributed by atoms with van der Waals surface area (Å²) < 4.78 is 0. The molecule has 0 aliphatic heterocycles. The van der Waals surface area contributed by atoms with Crippen LogP contribution in [0.15, 0.2) is 182 Å². The maximum absolute atomic E-state index is 2.49. The van der Waals surface area contributed by atoms with Crippen LogP contribution >= 0.6 is 0 Å². The lowest BCUT2D eigenvalue weighted by molar-refractivity contribution is 0.660. The molecule has 10 aromatic carbocycles. The summed E-state index contributed by atoms with van der Waals surface area (Å²) in [5.74, 6) is 0. The Morgan fingerprint density at radius 1 is 0.259 bits per heavy atom. The Bertz CT molecular complexity index is 3320. The van der Waals surface area contributed by atoms with Gasteiger partial charge in [-0.25, -0.2) is 0 Å². The van der Waals surface area contributed by atoms with Gasteiger partial charge in [0.1, 0.15) is 0 Å². The summed E-state index contributed by atoms with van der Waals surface area (Å²) >= 11 is 0. The first-order chi connectivity index (χ1) is 28.3. The first kappa shape index (κ1) is 33.4. The van der Waals surface area contributed by atoms with Crippen LogP contribution in [0, 0.1) is 0 Å². The lowest BCUT2D eigenvalue weighted by atomic mass is 9.80. The number of benzene rings is 10. The van der Waals surface area contributed by atoms with Crippen molar-refractivity contribution in [2.45, 2.75) is 38.5 Å². The molecule has 12 rings (SSSR count). The molecule has 0 heteroatoms. The third-order valence-electron chi connectivity index (χ3n) is 13.9. The molecule has 2 aliphatic rings. The Morgan fingerprint density at radius 2 is 0.707 bits per heavy atom. The minimum Gasteiger partial charge on any atom is -0.0622 e. The van der Waals surface area contributed by atoms with Crippen LogP contribution in [0.4, 0.5) is 0 Å². The van der Waals surface area contributed by atoms with Gasteiger partial charge in [0.25, 0.3) is 0 Å². The fraction of sp³-hybridized carbons (Fsp3) is 0.103. The van der Waals surface area contributed by atoms with Crippen molar-refractivity contribution in [2.24, 2.45) is 0 Å². The lowest BCUT2D eigenvalue weighted by Crippen LogP contribution is -2.14. The molecule has 0 unspecified atom stereocenters. The van der Waals surface area contributed by atoms with Crippen molar-refractivity contribution >= 4 is 32.3 Å². The smallest absolute Gasteiger partial charge is 0.0159 e. The van der Waals surface area contributed by atoms with Crippen LogP contribution in [0.1, 0.15) is 49.9 Å². The van der Waals surface area contributed by atoms with Crippen molar-refractivity contribution in [2.75, 3.05) is 0 Å². The van der Waals surface area contributed by atoms with Gasteiger partial charge in [0.15, 0.2) is 0 Å². The molecule has 0 saturated heterocycles. The van der Waals surface area contributed by atoms with E-state index < -0.39 is 0 Å². The van der Waals surface area contributed by atoms with E-state index in [2.05, 4.69) is 210 Å². The zero-order valence-corrected chi connectivity index (χ0v) is 33.3. The molecule has 0 fully saturated rings. The Balaban J connectivity index is 1.12. The third kappa shape index (κ3) is 4.58. The molecule has 0 saturated carbocycles. The fourth-order valence-corrected chi connectivity index (χ4v) is 10.9. The molecule has 0 aromatic heterocycles. The van der Waals surface area contributed by atoms with Gasteiger partial charge in [-0.2, -0.15) is 0 Å². The van der Waals surface area contributed by atoms with Gasteiger partial charge >= 0.3 is 0 Å². The Labute approximate surface area is 340 Å². The van der Waals surface area contributed by atoms with E-state index in [4.69, 9.17) is 0 Å². The highest BCUT2D eigenvalue weighted by Gasteiger charge is 2.37. The highest BCUT2D eigenvalue weighted by atomic mass is 14.4. The zero-order valence-electron chi connectivity index (χ0n) is 33.3. The van der Waals surface area contributed by atoms with E-state index in [-0.39, 0.29) is 10.8 Å². The van der Waals surface area contributed by atoms with Gasteiger partial charge in [0.05, 0.1) is 0 Å². The van der Waals surface area contributed by atoms with Crippen molar-refractivity contribution in [1.82, 2.24) is 0 Å². The monoisotopic (exact) mass is 738 g/mol. The van der Waals surface area contributed by atoms with Crippen LogP contribution < -0.4 is 0 Å². The molecule has 274 valence electrons. The minimum atomic E-state index is -0.0841. The van der Waals surface area contributed by atoms with E-state index in [1.54, 1.807) is 0 Å². The topological polar surface area (TPSA) is 0 Å². The van der Waals surface area contributed by atoms with Gasteiger partial charge in [-0.1, -0.05) is 185 Å². The summed E-state index contributed by atoms with van der Waals surface area (Å²) in [6, 6.07) is 68.9. The van der Waals surface area contributed by atoms with Crippen LogP contribution in [-0.4, -0.2) is 0 Å². The van der Waals surface area contributed by atoms with Gasteiger partial charge in [0.2, 0.25) is 0 Å². The number of fused-ring (bicyclic) bond motifs is 6. The molecule has 0 heterocycles. The molecule has 0 atom stereocenters. The minimum absolute atomic E-state index is 0.0599. The van der Waals surface area contributed by atoms with Gasteiger partial charge in [-0.3, -0.25) is 0 Å². The summed E-state index contributed by atoms with van der Waals surface area (Å²) in [6.07, 6.45) is 0. The second kappa shape index (κ2) is 11.9. The SMILES string of the molecule is CC1(C)c2ccccc2-c2ccc(-c3ccc4ccc5c(-c6ccc7c(c6)C(C)(C)c6ccccc6-7)cc(-c6cccc(-c7ccccc7)c6)c6ccc3c4c65)cc21. The molecule has 10 aromatic rings. The molecule has 0 amide bonds. The molecule has 0 spiro atoms. The Morgan fingerprint density at radius 3 is 1.34 bits per heavy atom. The van der Waals surface area contributed by atoms with Crippen LogP contribution in [0.5, 0.6) is 0 Å². The predicted molar refractivity (Wildman–Crippen MR) is 247 cm³/mol. The van der Waals surface area contributed by atoms with E-state index in [9.17, 15) is 0 Å². The third-order valence-corrected chi connectivity index (χ3v) is 13.9. The molecule has 0 N–H and O–H groups in total. The molecular formula is C58H42. The summed E-state index contributed by atoms with van der Waals surface area (Å²) in [5.41, 5.74) is 20.9. The van der Waals surface area contributed by atoms with Crippen molar-refractivity contribution < 1.29 is 0 Å². The molecule has 2 aliphatic carbocycles.